The monoisotopic (exact) mass is 308 g/mol. The van der Waals surface area contributed by atoms with E-state index in [1.165, 1.54) is 11.8 Å². The highest BCUT2D eigenvalue weighted by atomic mass is 35.5. The number of hydrogen-bond acceptors (Lipinski definition) is 4. The van der Waals surface area contributed by atoms with Crippen LogP contribution in [0.5, 0.6) is 0 Å². The van der Waals surface area contributed by atoms with E-state index in [0.29, 0.717) is 10.6 Å². The average Bonchev–Trinajstić information content (AvgIpc) is 2.76. The van der Waals surface area contributed by atoms with E-state index in [1.54, 1.807) is 30.3 Å². The smallest absolute Gasteiger partial charge is 0.188 e. The highest BCUT2D eigenvalue weighted by Crippen LogP contribution is 2.30. The van der Waals surface area contributed by atoms with E-state index >= 15 is 0 Å². The summed E-state index contributed by atoms with van der Waals surface area (Å²) in [6.45, 7) is 4.93. The maximum Gasteiger partial charge on any atom is 0.188 e. The van der Waals surface area contributed by atoms with Gasteiger partial charge in [-0.1, -0.05) is 48.8 Å². The highest BCUT2D eigenvalue weighted by Gasteiger charge is 2.19. The second-order valence-corrected chi connectivity index (χ2v) is 6.20. The molecule has 0 aromatic heterocycles. The van der Waals surface area contributed by atoms with Crippen molar-refractivity contribution in [3.05, 3.63) is 46.0 Å². The summed E-state index contributed by atoms with van der Waals surface area (Å²) in [5, 5.41) is 8.77. The summed E-state index contributed by atoms with van der Waals surface area (Å²) in [5.74, 6) is -0.0404. The topological polar surface area (TPSA) is 32.7 Å². The van der Waals surface area contributed by atoms with Crippen molar-refractivity contribution in [2.75, 3.05) is 6.54 Å². The Kier molecular flexibility index (Phi) is 5.26. The van der Waals surface area contributed by atoms with Gasteiger partial charge < -0.3 is 0 Å². The normalized spacial score (nSPS) is 16.6. The van der Waals surface area contributed by atoms with Crippen molar-refractivity contribution in [1.82, 2.24) is 5.01 Å². The zero-order valence-electron chi connectivity index (χ0n) is 11.6. The van der Waals surface area contributed by atoms with Gasteiger partial charge in [0.05, 0.1) is 5.04 Å². The van der Waals surface area contributed by atoms with Gasteiger partial charge in [-0.3, -0.25) is 9.80 Å². The number of allylic oxidation sites excluding steroid dienone is 1. The van der Waals surface area contributed by atoms with Crippen LogP contribution in [-0.2, 0) is 0 Å². The first-order valence-corrected chi connectivity index (χ1v) is 7.82. The number of halogens is 1. The number of thioether (sulfide) groups is 1. The Morgan fingerprint density at radius 1 is 1.50 bits per heavy atom. The summed E-state index contributed by atoms with van der Waals surface area (Å²) in [7, 11) is 0. The Hall–Kier alpha value is -1.26. The summed E-state index contributed by atoms with van der Waals surface area (Å²) in [4.78, 5) is 12.3. The van der Waals surface area contributed by atoms with Gasteiger partial charge in [-0.15, -0.1) is 0 Å². The molecule has 1 aromatic rings. The van der Waals surface area contributed by atoms with Gasteiger partial charge in [0.15, 0.2) is 5.78 Å². The van der Waals surface area contributed by atoms with Gasteiger partial charge in [0.1, 0.15) is 5.03 Å². The van der Waals surface area contributed by atoms with Crippen molar-refractivity contribution in [3.63, 3.8) is 0 Å². The maximum atomic E-state index is 12.3. The maximum absolute atomic E-state index is 12.3. The van der Waals surface area contributed by atoms with Crippen molar-refractivity contribution in [2.24, 2.45) is 5.10 Å². The Morgan fingerprint density at radius 3 is 3.00 bits per heavy atom. The predicted octanol–water partition coefficient (Wildman–Crippen LogP) is 4.55. The molecule has 5 heteroatoms. The summed E-state index contributed by atoms with van der Waals surface area (Å²) < 4.78 is 0. The molecule has 0 spiro atoms. The third-order valence-electron chi connectivity index (χ3n) is 2.86. The number of benzene rings is 1. The van der Waals surface area contributed by atoms with Crippen molar-refractivity contribution in [1.29, 1.82) is 0 Å². The van der Waals surface area contributed by atoms with E-state index in [0.717, 1.165) is 29.5 Å². The first kappa shape index (κ1) is 15.1. The third-order valence-corrected chi connectivity index (χ3v) is 4.01. The number of ketones is 1. The van der Waals surface area contributed by atoms with Gasteiger partial charge in [-0.25, -0.2) is 0 Å². The molecule has 0 saturated carbocycles. The lowest BCUT2D eigenvalue weighted by molar-refractivity contribution is 0.104. The Bertz CT molecular complexity index is 569. The molecule has 0 fully saturated rings. The fraction of sp³-hybridized carbons (Fsp3) is 0.333. The minimum Gasteiger partial charge on any atom is -0.289 e. The van der Waals surface area contributed by atoms with E-state index in [-0.39, 0.29) is 5.78 Å². The van der Waals surface area contributed by atoms with Gasteiger partial charge >= 0.3 is 0 Å². The molecule has 0 amide bonds. The van der Waals surface area contributed by atoms with Crippen molar-refractivity contribution in [3.8, 4) is 0 Å². The van der Waals surface area contributed by atoms with Crippen molar-refractivity contribution >= 4 is 34.2 Å². The number of hydrogen-bond donors (Lipinski definition) is 0. The van der Waals surface area contributed by atoms with Gasteiger partial charge in [-0.05, 0) is 25.5 Å². The minimum absolute atomic E-state index is 0.0404. The molecular weight excluding hydrogens is 292 g/mol. The van der Waals surface area contributed by atoms with Crippen molar-refractivity contribution < 1.29 is 4.79 Å². The van der Waals surface area contributed by atoms with Crippen LogP contribution in [0.3, 0.4) is 0 Å². The second-order valence-electron chi connectivity index (χ2n) is 4.55. The molecule has 106 valence electrons. The average molecular weight is 309 g/mol. The van der Waals surface area contributed by atoms with Crippen LogP contribution in [0.15, 0.2) is 40.5 Å². The molecule has 0 unspecified atom stereocenters. The number of hydrazone groups is 1. The molecule has 1 aliphatic heterocycles. The van der Waals surface area contributed by atoms with E-state index in [2.05, 4.69) is 12.0 Å². The molecule has 0 atom stereocenters. The van der Waals surface area contributed by atoms with Gasteiger partial charge in [0, 0.05) is 23.2 Å². The minimum atomic E-state index is -0.0404. The zero-order chi connectivity index (χ0) is 14.5. The number of nitrogens with zero attached hydrogens (tertiary/aromatic N) is 2. The molecule has 0 radical (unpaired) electrons. The first-order chi connectivity index (χ1) is 9.60. The number of rotatable bonds is 5. The molecule has 0 bridgehead atoms. The molecule has 2 rings (SSSR count). The van der Waals surface area contributed by atoms with Crippen LogP contribution in [0, 0.1) is 0 Å². The van der Waals surface area contributed by atoms with Crippen LogP contribution in [0.25, 0.3) is 0 Å². The van der Waals surface area contributed by atoms with Crippen LogP contribution in [0.4, 0.5) is 0 Å². The van der Waals surface area contributed by atoms with Crippen LogP contribution >= 0.6 is 23.4 Å². The molecule has 3 nitrogen and oxygen atoms in total. The quantitative estimate of drug-likeness (QED) is 0.591. The van der Waals surface area contributed by atoms with Crippen LogP contribution < -0.4 is 0 Å². The Labute approximate surface area is 128 Å². The summed E-state index contributed by atoms with van der Waals surface area (Å²) >= 11 is 7.45. The molecule has 1 heterocycles. The Balaban J connectivity index is 2.15. The highest BCUT2D eigenvalue weighted by molar-refractivity contribution is 8.17. The van der Waals surface area contributed by atoms with E-state index < -0.39 is 0 Å². The van der Waals surface area contributed by atoms with Crippen molar-refractivity contribution in [2.45, 2.75) is 26.7 Å². The number of unbranched alkanes of at least 4 members (excludes halogenated alkanes) is 1. The van der Waals surface area contributed by atoms with Crippen LogP contribution in [0.2, 0.25) is 5.02 Å². The first-order valence-electron chi connectivity index (χ1n) is 6.62. The largest absolute Gasteiger partial charge is 0.289 e. The van der Waals surface area contributed by atoms with Crippen LogP contribution in [0.1, 0.15) is 37.0 Å². The van der Waals surface area contributed by atoms with Gasteiger partial charge in [-0.2, -0.15) is 5.10 Å². The fourth-order valence-corrected chi connectivity index (χ4v) is 2.89. The Morgan fingerprint density at radius 2 is 2.30 bits per heavy atom. The van der Waals surface area contributed by atoms with Crippen LogP contribution in [-0.4, -0.2) is 22.4 Å². The lowest BCUT2D eigenvalue weighted by Crippen LogP contribution is -2.14. The number of carbonyl (C=O) groups excluding carboxylic acids is 1. The SMILES string of the molecule is CCCCN1N=C(C)S/C1=C\C(=O)c1cccc(Cl)c1. The predicted molar refractivity (Wildman–Crippen MR) is 86.2 cm³/mol. The fourth-order valence-electron chi connectivity index (χ4n) is 1.85. The van der Waals surface area contributed by atoms with E-state index in [1.807, 2.05) is 11.9 Å². The van der Waals surface area contributed by atoms with Gasteiger partial charge in [0.25, 0.3) is 0 Å². The molecule has 0 aliphatic carbocycles. The lowest BCUT2D eigenvalue weighted by atomic mass is 10.1. The molecule has 1 aliphatic rings. The second kappa shape index (κ2) is 6.95. The summed E-state index contributed by atoms with van der Waals surface area (Å²) in [6.07, 6.45) is 3.80. The lowest BCUT2D eigenvalue weighted by Gasteiger charge is -2.14. The third kappa shape index (κ3) is 3.87. The molecular formula is C15H17ClN2OS. The summed E-state index contributed by atoms with van der Waals surface area (Å²) in [5.41, 5.74) is 0.602. The van der Waals surface area contributed by atoms with E-state index in [9.17, 15) is 4.79 Å². The standard InChI is InChI=1S/C15H17ClN2OS/c1-3-4-8-18-15(20-11(2)17-18)10-14(19)12-6-5-7-13(16)9-12/h5-7,9-10H,3-4,8H2,1-2H3/b15-10-. The molecule has 1 aromatic carbocycles. The van der Waals surface area contributed by atoms with Gasteiger partial charge in [0.2, 0.25) is 0 Å². The molecule has 0 saturated heterocycles. The zero-order valence-corrected chi connectivity index (χ0v) is 13.2. The summed E-state index contributed by atoms with van der Waals surface area (Å²) in [6, 6.07) is 7.00. The molecule has 0 N–H and O–H groups in total. The molecule has 20 heavy (non-hydrogen) atoms. The van der Waals surface area contributed by atoms with E-state index in [4.69, 9.17) is 11.6 Å². The number of carbonyl (C=O) groups is 1.